The van der Waals surface area contributed by atoms with Gasteiger partial charge in [0.2, 0.25) is 11.8 Å². The number of alkyl halides is 3. The molecular formula is C30H38ClF3N6O3S. The number of hydrogen-bond donors (Lipinski definition) is 2. The summed E-state index contributed by atoms with van der Waals surface area (Å²) < 4.78 is 41.1. The maximum Gasteiger partial charge on any atom is 0.418 e. The number of carbonyl (C=O) groups excluding carboxylic acids is 3. The van der Waals surface area contributed by atoms with E-state index in [1.807, 2.05) is 30.4 Å². The number of amides is 4. The second kappa shape index (κ2) is 13.1. The lowest BCUT2D eigenvalue weighted by Gasteiger charge is -2.40. The van der Waals surface area contributed by atoms with Crippen molar-refractivity contribution in [3.8, 4) is 0 Å². The van der Waals surface area contributed by atoms with Crippen molar-refractivity contribution in [1.29, 1.82) is 0 Å². The zero-order chi connectivity index (χ0) is 31.8. The molecule has 3 aliphatic heterocycles. The van der Waals surface area contributed by atoms with E-state index in [-0.39, 0.29) is 47.3 Å². The molecule has 2 aromatic rings. The predicted octanol–water partition coefficient (Wildman–Crippen LogP) is 5.14. The number of carbonyl (C=O) groups is 3. The number of halogens is 4. The Balaban J connectivity index is 1.28. The van der Waals surface area contributed by atoms with E-state index in [1.165, 1.54) is 17.4 Å². The first-order chi connectivity index (χ1) is 20.8. The maximum atomic E-state index is 13.8. The number of fused-ring (bicyclic) bond motifs is 1. The molecule has 1 aromatic carbocycles. The van der Waals surface area contributed by atoms with E-state index in [0.717, 1.165) is 29.5 Å². The normalized spacial score (nSPS) is 19.2. The topological polar surface area (TPSA) is 102 Å². The number of likely N-dealkylation sites (tertiary alicyclic amines) is 2. The Bertz CT molecular complexity index is 1390. The standard InChI is InChI=1S/C30H38ClF3N6O3S/c1-37(2)21-3-10-39(11-4-21)28(42)20(13-18-14-23(30(32,33)34)26(35)24(31)15-18)16-25(41)38-8-5-22(6-9-38)40-17-19-7-12-44-27(19)36-29(40)43/h7,12,14-15,20-22H,3-6,8-11,13,16-17,35H2,1-2H3,(H,36,43)/t20-/m0/s1. The summed E-state index contributed by atoms with van der Waals surface area (Å²) in [6.07, 6.45) is -2.19. The van der Waals surface area contributed by atoms with Gasteiger partial charge in [-0.15, -0.1) is 11.3 Å². The van der Waals surface area contributed by atoms with Gasteiger partial charge in [-0.3, -0.25) is 14.9 Å². The highest BCUT2D eigenvalue weighted by atomic mass is 35.5. The monoisotopic (exact) mass is 654 g/mol. The van der Waals surface area contributed by atoms with Gasteiger partial charge in [0.15, 0.2) is 0 Å². The minimum atomic E-state index is -4.71. The van der Waals surface area contributed by atoms with Crippen LogP contribution in [0, 0.1) is 5.92 Å². The Hall–Kier alpha value is -3.03. The van der Waals surface area contributed by atoms with Crippen LogP contribution in [0.2, 0.25) is 5.02 Å². The van der Waals surface area contributed by atoms with Gasteiger partial charge >= 0.3 is 12.2 Å². The highest BCUT2D eigenvalue weighted by Gasteiger charge is 2.37. The quantitative estimate of drug-likeness (QED) is 0.403. The van der Waals surface area contributed by atoms with Crippen LogP contribution in [0.4, 0.5) is 28.7 Å². The SMILES string of the molecule is CN(C)C1CCN(C(=O)[C@H](CC(=O)N2CCC(N3Cc4ccsc4NC3=O)CC2)Cc2cc(Cl)c(N)c(C(F)(F)F)c2)CC1. The van der Waals surface area contributed by atoms with Crippen LogP contribution < -0.4 is 11.1 Å². The zero-order valence-electron chi connectivity index (χ0n) is 24.8. The number of rotatable bonds is 7. The van der Waals surface area contributed by atoms with Gasteiger partial charge in [-0.1, -0.05) is 11.6 Å². The summed E-state index contributed by atoms with van der Waals surface area (Å²) in [5.41, 5.74) is 5.29. The van der Waals surface area contributed by atoms with Crippen LogP contribution in [0.3, 0.4) is 0 Å². The molecule has 9 nitrogen and oxygen atoms in total. The van der Waals surface area contributed by atoms with E-state index in [9.17, 15) is 27.6 Å². The number of benzene rings is 1. The third kappa shape index (κ3) is 7.10. The summed E-state index contributed by atoms with van der Waals surface area (Å²) >= 11 is 7.58. The van der Waals surface area contributed by atoms with Gasteiger partial charge in [-0.2, -0.15) is 13.2 Å². The highest BCUT2D eigenvalue weighted by Crippen LogP contribution is 2.39. The summed E-state index contributed by atoms with van der Waals surface area (Å²) in [4.78, 5) is 47.5. The first kappa shape index (κ1) is 32.4. The number of anilines is 2. The van der Waals surface area contributed by atoms with Crippen molar-refractivity contribution in [2.24, 2.45) is 5.92 Å². The third-order valence-corrected chi connectivity index (χ3v) is 10.3. The van der Waals surface area contributed by atoms with Crippen molar-refractivity contribution in [1.82, 2.24) is 19.6 Å². The molecule has 44 heavy (non-hydrogen) atoms. The van der Waals surface area contributed by atoms with Crippen LogP contribution in [0.25, 0.3) is 0 Å². The lowest BCUT2D eigenvalue weighted by molar-refractivity contribution is -0.143. The summed E-state index contributed by atoms with van der Waals surface area (Å²) in [6.45, 7) is 2.39. The van der Waals surface area contributed by atoms with E-state index < -0.39 is 23.3 Å². The molecular weight excluding hydrogens is 617 g/mol. The Morgan fingerprint density at radius 1 is 1.11 bits per heavy atom. The van der Waals surface area contributed by atoms with Gasteiger partial charge in [0.25, 0.3) is 0 Å². The van der Waals surface area contributed by atoms with Crippen molar-refractivity contribution in [3.63, 3.8) is 0 Å². The van der Waals surface area contributed by atoms with Crippen molar-refractivity contribution < 1.29 is 27.6 Å². The fourth-order valence-corrected chi connectivity index (χ4v) is 7.51. The number of hydrogen-bond acceptors (Lipinski definition) is 6. The summed E-state index contributed by atoms with van der Waals surface area (Å²) in [5.74, 6) is -1.34. The van der Waals surface area contributed by atoms with Crippen molar-refractivity contribution in [2.45, 2.75) is 63.3 Å². The van der Waals surface area contributed by atoms with Crippen molar-refractivity contribution >= 4 is 51.5 Å². The van der Waals surface area contributed by atoms with Gasteiger partial charge in [0.1, 0.15) is 5.00 Å². The molecule has 2 saturated heterocycles. The van der Waals surface area contributed by atoms with E-state index in [4.69, 9.17) is 17.3 Å². The average Bonchev–Trinajstić information content (AvgIpc) is 3.44. The van der Waals surface area contributed by atoms with Gasteiger partial charge in [-0.25, -0.2) is 4.79 Å². The first-order valence-corrected chi connectivity index (χ1v) is 16.1. The van der Waals surface area contributed by atoms with E-state index in [0.29, 0.717) is 51.6 Å². The van der Waals surface area contributed by atoms with Gasteiger partial charge in [-0.05, 0) is 75.3 Å². The number of nitrogens with one attached hydrogen (secondary N) is 1. The molecule has 0 radical (unpaired) electrons. The van der Waals surface area contributed by atoms with E-state index >= 15 is 0 Å². The number of nitrogens with zero attached hydrogens (tertiary/aromatic N) is 4. The minimum Gasteiger partial charge on any atom is -0.397 e. The Kier molecular flexibility index (Phi) is 9.66. The molecule has 0 aliphatic carbocycles. The Morgan fingerprint density at radius 2 is 1.77 bits per heavy atom. The molecule has 1 atom stereocenters. The lowest BCUT2D eigenvalue weighted by Crippen LogP contribution is -2.51. The molecule has 14 heteroatoms. The molecule has 240 valence electrons. The van der Waals surface area contributed by atoms with Crippen LogP contribution in [0.5, 0.6) is 0 Å². The number of piperidine rings is 2. The first-order valence-electron chi connectivity index (χ1n) is 14.8. The zero-order valence-corrected chi connectivity index (χ0v) is 26.4. The Labute approximate surface area is 264 Å². The molecule has 3 N–H and O–H groups in total. The van der Waals surface area contributed by atoms with Gasteiger partial charge in [0.05, 0.1) is 28.7 Å². The molecule has 4 amide bonds. The second-order valence-corrected chi connectivity index (χ2v) is 13.4. The second-order valence-electron chi connectivity index (χ2n) is 12.1. The van der Waals surface area contributed by atoms with Gasteiger partial charge < -0.3 is 25.3 Å². The van der Waals surface area contributed by atoms with Crippen LogP contribution in [-0.4, -0.2) is 89.8 Å². The van der Waals surface area contributed by atoms with E-state index in [2.05, 4.69) is 10.2 Å². The van der Waals surface area contributed by atoms with E-state index in [1.54, 1.807) is 9.80 Å². The minimum absolute atomic E-state index is 0.0276. The summed E-state index contributed by atoms with van der Waals surface area (Å²) in [7, 11) is 3.99. The maximum absolute atomic E-state index is 13.8. The summed E-state index contributed by atoms with van der Waals surface area (Å²) in [5, 5.41) is 5.51. The molecule has 0 bridgehead atoms. The van der Waals surface area contributed by atoms with Crippen LogP contribution in [-0.2, 0) is 28.7 Å². The highest BCUT2D eigenvalue weighted by molar-refractivity contribution is 7.14. The van der Waals surface area contributed by atoms with Gasteiger partial charge in [0, 0.05) is 50.2 Å². The molecule has 3 aliphatic rings. The molecule has 4 heterocycles. The molecule has 5 rings (SSSR count). The number of thiophene rings is 1. The molecule has 0 saturated carbocycles. The van der Waals surface area contributed by atoms with Crippen molar-refractivity contribution in [2.75, 3.05) is 51.3 Å². The number of nitrogen functional groups attached to an aromatic ring is 1. The van der Waals surface area contributed by atoms with Crippen LogP contribution in [0.15, 0.2) is 23.6 Å². The Morgan fingerprint density at radius 3 is 2.41 bits per heavy atom. The fourth-order valence-electron chi connectivity index (χ4n) is 6.47. The summed E-state index contributed by atoms with van der Waals surface area (Å²) in [6, 6.07) is 4.44. The fraction of sp³-hybridized carbons (Fsp3) is 0.567. The van der Waals surface area contributed by atoms with Crippen LogP contribution in [0.1, 0.15) is 48.8 Å². The largest absolute Gasteiger partial charge is 0.418 e. The average molecular weight is 655 g/mol. The molecule has 0 unspecified atom stereocenters. The van der Waals surface area contributed by atoms with Crippen molar-refractivity contribution in [3.05, 3.63) is 45.3 Å². The molecule has 0 spiro atoms. The molecule has 1 aromatic heterocycles. The predicted molar refractivity (Wildman–Crippen MR) is 164 cm³/mol. The third-order valence-electron chi connectivity index (χ3n) is 9.08. The smallest absolute Gasteiger partial charge is 0.397 e. The number of urea groups is 1. The van der Waals surface area contributed by atoms with Crippen LogP contribution >= 0.6 is 22.9 Å². The number of nitrogens with two attached hydrogens (primary N) is 1. The molecule has 2 fully saturated rings. The lowest BCUT2D eigenvalue weighted by atomic mass is 9.91.